The van der Waals surface area contributed by atoms with Gasteiger partial charge in [-0.15, -0.1) is 0 Å². The fraction of sp³-hybridized carbons (Fsp3) is 0.391. The number of piperidine rings is 1. The lowest BCUT2D eigenvalue weighted by Gasteiger charge is -2.55. The van der Waals surface area contributed by atoms with Gasteiger partial charge in [-0.1, -0.05) is 0 Å². The molecule has 2 unspecified atom stereocenters. The van der Waals surface area contributed by atoms with E-state index in [4.69, 9.17) is 9.72 Å². The van der Waals surface area contributed by atoms with Crippen LogP contribution in [0.5, 0.6) is 0 Å². The third-order valence-corrected chi connectivity index (χ3v) is 6.33. The first-order chi connectivity index (χ1) is 15.7. The largest absolute Gasteiger partial charge is 0.443 e. The summed E-state index contributed by atoms with van der Waals surface area (Å²) < 4.78 is 7.95. The van der Waals surface area contributed by atoms with Gasteiger partial charge in [0.05, 0.1) is 17.3 Å². The number of pyridine rings is 2. The number of amides is 1. The zero-order valence-corrected chi connectivity index (χ0v) is 20.2. The van der Waals surface area contributed by atoms with Crippen LogP contribution in [0.3, 0.4) is 0 Å². The van der Waals surface area contributed by atoms with Crippen molar-refractivity contribution >= 4 is 33.4 Å². The highest BCUT2D eigenvalue weighted by atomic mass is 79.9. The molecule has 170 valence electrons. The van der Waals surface area contributed by atoms with Crippen LogP contribution in [0, 0.1) is 11.3 Å². The first-order valence-corrected chi connectivity index (χ1v) is 11.6. The molecule has 3 fully saturated rings. The van der Waals surface area contributed by atoms with Crippen LogP contribution in [-0.4, -0.2) is 56.5 Å². The zero-order valence-electron chi connectivity index (χ0n) is 18.6. The number of carbonyl (C=O) groups is 1. The van der Waals surface area contributed by atoms with E-state index in [0.29, 0.717) is 5.56 Å². The number of anilines is 1. The molecule has 6 rings (SSSR count). The van der Waals surface area contributed by atoms with Crippen LogP contribution < -0.4 is 10.3 Å². The molecule has 3 aliphatic rings. The minimum absolute atomic E-state index is 0.229. The maximum atomic E-state index is 12.1. The Morgan fingerprint density at radius 1 is 1.27 bits per heavy atom. The van der Waals surface area contributed by atoms with Crippen molar-refractivity contribution in [3.63, 3.8) is 0 Å². The van der Waals surface area contributed by atoms with E-state index in [-0.39, 0.29) is 12.1 Å². The van der Waals surface area contributed by atoms with Gasteiger partial charge in [-0.2, -0.15) is 10.4 Å². The molecule has 0 saturated carbocycles. The molecule has 2 atom stereocenters. The van der Waals surface area contributed by atoms with E-state index in [0.717, 1.165) is 46.4 Å². The second-order valence-electron chi connectivity index (χ2n) is 9.41. The number of hydrogen-bond acceptors (Lipinski definition) is 7. The number of halogens is 1. The van der Waals surface area contributed by atoms with E-state index in [1.165, 1.54) is 0 Å². The summed E-state index contributed by atoms with van der Waals surface area (Å²) in [6, 6.07) is 8.68. The fourth-order valence-corrected chi connectivity index (χ4v) is 4.93. The van der Waals surface area contributed by atoms with Crippen molar-refractivity contribution in [2.75, 3.05) is 18.0 Å². The summed E-state index contributed by atoms with van der Waals surface area (Å²) in [5, 5.41) is 15.7. The van der Waals surface area contributed by atoms with E-state index < -0.39 is 11.7 Å². The Morgan fingerprint density at radius 3 is 2.67 bits per heavy atom. The molecular weight excluding hydrogens is 486 g/mol. The number of ether oxygens (including phenoxy) is 1. The Kier molecular flexibility index (Phi) is 5.26. The summed E-state index contributed by atoms with van der Waals surface area (Å²) in [4.78, 5) is 19.1. The monoisotopic (exact) mass is 509 g/mol. The summed E-state index contributed by atoms with van der Waals surface area (Å²) >= 11 is 3.52. The van der Waals surface area contributed by atoms with Crippen molar-refractivity contribution < 1.29 is 9.53 Å². The third kappa shape index (κ3) is 4.14. The number of carbonyl (C=O) groups excluding carboxylic acids is 1. The van der Waals surface area contributed by atoms with Crippen molar-refractivity contribution in [1.29, 1.82) is 5.26 Å². The molecule has 9 nitrogen and oxygen atoms in total. The summed E-state index contributed by atoms with van der Waals surface area (Å²) in [6.07, 6.45) is 5.87. The average Bonchev–Trinajstić information content (AvgIpc) is 3.19. The zero-order chi connectivity index (χ0) is 23.3. The Morgan fingerprint density at radius 2 is 2.03 bits per heavy atom. The van der Waals surface area contributed by atoms with Crippen LogP contribution in [0.4, 0.5) is 10.6 Å². The first kappa shape index (κ1) is 21.7. The topological polar surface area (TPSA) is 98.8 Å². The van der Waals surface area contributed by atoms with Gasteiger partial charge in [0.25, 0.3) is 0 Å². The van der Waals surface area contributed by atoms with Crippen molar-refractivity contribution in [2.24, 2.45) is 0 Å². The van der Waals surface area contributed by atoms with Gasteiger partial charge in [0.1, 0.15) is 17.5 Å². The number of nitriles is 1. The third-order valence-electron chi connectivity index (χ3n) is 5.89. The molecule has 2 bridgehead atoms. The number of fused-ring (bicyclic) bond motifs is 3. The lowest BCUT2D eigenvalue weighted by Crippen LogP contribution is -2.73. The molecule has 6 heterocycles. The Hall–Kier alpha value is -3.16. The lowest BCUT2D eigenvalue weighted by atomic mass is 9.90. The molecule has 3 aromatic heterocycles. The number of hydrogen-bond donors (Lipinski definition) is 1. The molecule has 3 aromatic rings. The number of nitrogens with one attached hydrogen (secondary N) is 1. The van der Waals surface area contributed by atoms with Crippen molar-refractivity contribution in [1.82, 2.24) is 25.0 Å². The van der Waals surface area contributed by atoms with Crippen molar-refractivity contribution in [3.8, 4) is 17.2 Å². The minimum Gasteiger partial charge on any atom is -0.443 e. The van der Waals surface area contributed by atoms with Crippen LogP contribution in [0.2, 0.25) is 0 Å². The quantitative estimate of drug-likeness (QED) is 0.573. The molecule has 0 radical (unpaired) electrons. The number of hydrazine groups is 1. The number of nitrogens with zero attached hydrogens (tertiary/aromatic N) is 6. The highest BCUT2D eigenvalue weighted by molar-refractivity contribution is 9.10. The molecule has 1 N–H and O–H groups in total. The lowest BCUT2D eigenvalue weighted by molar-refractivity contribution is -0.0551. The Balaban J connectivity index is 1.31. The summed E-state index contributed by atoms with van der Waals surface area (Å²) in [5.41, 5.74) is 5.47. The van der Waals surface area contributed by atoms with E-state index in [2.05, 4.69) is 37.4 Å². The molecule has 10 heteroatoms. The fourth-order valence-electron chi connectivity index (χ4n) is 4.51. The molecule has 3 aliphatic heterocycles. The van der Waals surface area contributed by atoms with Gasteiger partial charge in [0, 0.05) is 53.2 Å². The van der Waals surface area contributed by atoms with Gasteiger partial charge in [0.15, 0.2) is 0 Å². The van der Waals surface area contributed by atoms with Gasteiger partial charge in [-0.3, -0.25) is 5.43 Å². The van der Waals surface area contributed by atoms with Crippen molar-refractivity contribution in [3.05, 3.63) is 46.8 Å². The normalized spacial score (nSPS) is 20.3. The maximum absolute atomic E-state index is 12.1. The molecule has 1 amide bonds. The average molecular weight is 510 g/mol. The summed E-state index contributed by atoms with van der Waals surface area (Å²) in [7, 11) is 0. The second kappa shape index (κ2) is 8.01. The molecule has 33 heavy (non-hydrogen) atoms. The van der Waals surface area contributed by atoms with Gasteiger partial charge >= 0.3 is 6.09 Å². The predicted octanol–water partition coefficient (Wildman–Crippen LogP) is 3.73. The highest BCUT2D eigenvalue weighted by Crippen LogP contribution is 2.34. The predicted molar refractivity (Wildman–Crippen MR) is 126 cm³/mol. The number of piperazine rings is 1. The SMILES string of the molecule is CC(C)(C)OC(=O)NN1C2CC1CN(c1ccc(-c3cc(Br)cn4ncc(C#N)c34)cn1)C2. The van der Waals surface area contributed by atoms with E-state index in [1.807, 2.05) is 56.4 Å². The molecule has 0 aromatic carbocycles. The smallest absolute Gasteiger partial charge is 0.422 e. The summed E-state index contributed by atoms with van der Waals surface area (Å²) in [5.74, 6) is 0.894. The Labute approximate surface area is 200 Å². The highest BCUT2D eigenvalue weighted by Gasteiger charge is 2.46. The van der Waals surface area contributed by atoms with E-state index in [9.17, 15) is 10.1 Å². The standard InChI is InChI=1S/C23H24BrN7O2/c1-23(2,3)33-22(32)28-31-17-7-18(31)13-29(12-17)20-5-4-14(9-26-20)19-6-16(24)11-30-21(19)15(8-25)10-27-30/h4-6,9-11,17-18H,7,12-13H2,1-3H3,(H,28,32). The Bertz CT molecular complexity index is 1250. The van der Waals surface area contributed by atoms with Crippen LogP contribution >= 0.6 is 15.9 Å². The molecule has 0 aliphatic carbocycles. The van der Waals surface area contributed by atoms with Crippen LogP contribution in [-0.2, 0) is 4.74 Å². The van der Waals surface area contributed by atoms with E-state index >= 15 is 0 Å². The number of aromatic nitrogens is 3. The van der Waals surface area contributed by atoms with Crippen molar-refractivity contribution in [2.45, 2.75) is 44.9 Å². The van der Waals surface area contributed by atoms with E-state index in [1.54, 1.807) is 10.7 Å². The minimum atomic E-state index is -0.521. The van der Waals surface area contributed by atoms with Crippen LogP contribution in [0.15, 0.2) is 41.3 Å². The number of rotatable bonds is 3. The first-order valence-electron chi connectivity index (χ1n) is 10.8. The van der Waals surface area contributed by atoms with Gasteiger partial charge in [0.2, 0.25) is 0 Å². The van der Waals surface area contributed by atoms with Gasteiger partial charge in [-0.25, -0.2) is 19.3 Å². The second-order valence-corrected chi connectivity index (χ2v) is 10.3. The van der Waals surface area contributed by atoms with Crippen LogP contribution in [0.1, 0.15) is 32.8 Å². The van der Waals surface area contributed by atoms with Crippen LogP contribution in [0.25, 0.3) is 16.6 Å². The summed E-state index contributed by atoms with van der Waals surface area (Å²) in [6.45, 7) is 7.12. The molecule has 0 spiro atoms. The maximum Gasteiger partial charge on any atom is 0.422 e. The van der Waals surface area contributed by atoms with Gasteiger partial charge in [-0.05, 0) is 61.3 Å². The molecule has 3 saturated heterocycles. The molecular formula is C23H24BrN7O2. The van der Waals surface area contributed by atoms with Gasteiger partial charge < -0.3 is 9.64 Å².